The number of benzene rings is 1. The lowest BCUT2D eigenvalue weighted by Gasteiger charge is -2.34. The molecule has 0 spiro atoms. The van der Waals surface area contributed by atoms with Gasteiger partial charge in [-0.3, -0.25) is 4.90 Å². The third-order valence-corrected chi connectivity index (χ3v) is 5.33. The standard InChI is InChI=1S/C21H29N3O5/c1-5-15-19(20(25)29-6-2)16(23-21(26)22-15)12-24-8-7-13-9-17(27-3)18(28-4)10-14(13)11-24/h9-10,15H,5-8,11-12H2,1-4H3,(H2,22,23,26)/t15-/m0/s1. The van der Waals surface area contributed by atoms with Crippen molar-refractivity contribution >= 4 is 12.0 Å². The molecule has 0 aromatic heterocycles. The third-order valence-electron chi connectivity index (χ3n) is 5.33. The Bertz CT molecular complexity index is 821. The summed E-state index contributed by atoms with van der Waals surface area (Å²) in [6, 6.07) is 3.38. The molecule has 2 aliphatic rings. The summed E-state index contributed by atoms with van der Waals surface area (Å²) in [5, 5.41) is 5.63. The average Bonchev–Trinajstić information content (AvgIpc) is 2.72. The van der Waals surface area contributed by atoms with Crippen molar-refractivity contribution in [1.29, 1.82) is 0 Å². The van der Waals surface area contributed by atoms with E-state index in [0.29, 0.717) is 43.1 Å². The average molecular weight is 403 g/mol. The fraction of sp³-hybridized carbons (Fsp3) is 0.524. The highest BCUT2D eigenvalue weighted by molar-refractivity contribution is 5.94. The molecule has 0 bridgehead atoms. The summed E-state index contributed by atoms with van der Waals surface area (Å²) in [7, 11) is 3.25. The van der Waals surface area contributed by atoms with Crippen LogP contribution >= 0.6 is 0 Å². The molecule has 1 aromatic carbocycles. The SMILES string of the molecule is CCOC(=O)C1=C(CN2CCc3cc(OC)c(OC)cc3C2)NC(=O)N[C@H]1CC. The molecule has 2 heterocycles. The molecule has 0 unspecified atom stereocenters. The van der Waals surface area contributed by atoms with Crippen LogP contribution in [0.4, 0.5) is 4.79 Å². The monoisotopic (exact) mass is 403 g/mol. The van der Waals surface area contributed by atoms with Gasteiger partial charge in [-0.1, -0.05) is 6.92 Å². The number of urea groups is 1. The van der Waals surface area contributed by atoms with E-state index in [-0.39, 0.29) is 18.0 Å². The molecule has 0 aliphatic carbocycles. The zero-order valence-corrected chi connectivity index (χ0v) is 17.5. The number of carbonyl (C=O) groups excluding carboxylic acids is 2. The van der Waals surface area contributed by atoms with Crippen LogP contribution in [0.15, 0.2) is 23.4 Å². The van der Waals surface area contributed by atoms with Crippen LogP contribution in [0.25, 0.3) is 0 Å². The van der Waals surface area contributed by atoms with Crippen molar-refractivity contribution in [2.45, 2.75) is 39.3 Å². The van der Waals surface area contributed by atoms with Crippen molar-refractivity contribution in [1.82, 2.24) is 15.5 Å². The maximum Gasteiger partial charge on any atom is 0.337 e. The Morgan fingerprint density at radius 2 is 1.86 bits per heavy atom. The number of nitrogens with zero attached hydrogens (tertiary/aromatic N) is 1. The second-order valence-electron chi connectivity index (χ2n) is 7.11. The number of methoxy groups -OCH3 is 2. The van der Waals surface area contributed by atoms with Crippen LogP contribution in [-0.2, 0) is 22.5 Å². The molecule has 0 radical (unpaired) electrons. The van der Waals surface area contributed by atoms with Crippen molar-refractivity contribution in [3.05, 3.63) is 34.5 Å². The molecule has 8 nitrogen and oxygen atoms in total. The summed E-state index contributed by atoms with van der Waals surface area (Å²) in [4.78, 5) is 26.9. The van der Waals surface area contributed by atoms with Crippen LogP contribution in [0, 0.1) is 0 Å². The largest absolute Gasteiger partial charge is 0.493 e. The molecule has 2 aliphatic heterocycles. The van der Waals surface area contributed by atoms with Crippen LogP contribution in [0.2, 0.25) is 0 Å². The van der Waals surface area contributed by atoms with Gasteiger partial charge in [0.15, 0.2) is 11.5 Å². The molecule has 2 N–H and O–H groups in total. The number of hydrogen-bond donors (Lipinski definition) is 2. The normalized spacial score (nSPS) is 19.2. The number of fused-ring (bicyclic) bond motifs is 1. The minimum atomic E-state index is -0.384. The zero-order chi connectivity index (χ0) is 21.0. The van der Waals surface area contributed by atoms with Gasteiger partial charge in [-0.25, -0.2) is 9.59 Å². The number of carbonyl (C=O) groups is 2. The van der Waals surface area contributed by atoms with Crippen LogP contribution in [0.1, 0.15) is 31.4 Å². The molecule has 8 heteroatoms. The highest BCUT2D eigenvalue weighted by Gasteiger charge is 2.32. The Morgan fingerprint density at radius 1 is 1.17 bits per heavy atom. The summed E-state index contributed by atoms with van der Waals surface area (Å²) in [6.07, 6.45) is 1.46. The quantitative estimate of drug-likeness (QED) is 0.677. The molecule has 2 amide bonds. The van der Waals surface area contributed by atoms with Crippen LogP contribution in [0.5, 0.6) is 11.5 Å². The zero-order valence-electron chi connectivity index (χ0n) is 17.5. The summed E-state index contributed by atoms with van der Waals surface area (Å²) < 4.78 is 16.1. The summed E-state index contributed by atoms with van der Waals surface area (Å²) in [6.45, 7) is 5.96. The van der Waals surface area contributed by atoms with Gasteiger partial charge in [-0.15, -0.1) is 0 Å². The van der Waals surface area contributed by atoms with Gasteiger partial charge in [0.25, 0.3) is 0 Å². The lowest BCUT2D eigenvalue weighted by molar-refractivity contribution is -0.139. The van der Waals surface area contributed by atoms with E-state index >= 15 is 0 Å². The van der Waals surface area contributed by atoms with E-state index in [0.717, 1.165) is 24.3 Å². The van der Waals surface area contributed by atoms with Crippen molar-refractivity contribution in [3.63, 3.8) is 0 Å². The molecular formula is C21H29N3O5. The van der Waals surface area contributed by atoms with E-state index in [2.05, 4.69) is 15.5 Å². The van der Waals surface area contributed by atoms with Gasteiger partial charge >= 0.3 is 12.0 Å². The molecule has 158 valence electrons. The Morgan fingerprint density at radius 3 is 2.48 bits per heavy atom. The van der Waals surface area contributed by atoms with Gasteiger partial charge < -0.3 is 24.8 Å². The third kappa shape index (κ3) is 4.48. The number of rotatable bonds is 7. The summed E-state index contributed by atoms with van der Waals surface area (Å²) in [5.41, 5.74) is 3.49. The van der Waals surface area contributed by atoms with Gasteiger partial charge in [-0.05, 0) is 43.0 Å². The minimum absolute atomic E-state index is 0.288. The first-order valence-electron chi connectivity index (χ1n) is 9.94. The van der Waals surface area contributed by atoms with E-state index in [4.69, 9.17) is 14.2 Å². The number of amides is 2. The van der Waals surface area contributed by atoms with E-state index < -0.39 is 0 Å². The Balaban J connectivity index is 1.85. The fourth-order valence-electron chi connectivity index (χ4n) is 3.89. The predicted octanol–water partition coefficient (Wildman–Crippen LogP) is 1.97. The first-order valence-corrected chi connectivity index (χ1v) is 9.94. The van der Waals surface area contributed by atoms with Gasteiger partial charge in [0, 0.05) is 25.3 Å². The molecule has 0 fully saturated rings. The summed E-state index contributed by atoms with van der Waals surface area (Å²) in [5.74, 6) is 1.04. The molecule has 0 saturated heterocycles. The van der Waals surface area contributed by atoms with Crippen LogP contribution in [-0.4, -0.2) is 56.9 Å². The second-order valence-corrected chi connectivity index (χ2v) is 7.11. The fourth-order valence-corrected chi connectivity index (χ4v) is 3.89. The minimum Gasteiger partial charge on any atom is -0.493 e. The van der Waals surface area contributed by atoms with Gasteiger partial charge in [0.2, 0.25) is 0 Å². The van der Waals surface area contributed by atoms with Gasteiger partial charge in [0.1, 0.15) is 0 Å². The van der Waals surface area contributed by atoms with E-state index in [1.807, 2.05) is 19.1 Å². The van der Waals surface area contributed by atoms with Crippen molar-refractivity contribution < 1.29 is 23.8 Å². The molecule has 0 saturated carbocycles. The number of hydrogen-bond acceptors (Lipinski definition) is 6. The Hall–Kier alpha value is -2.74. The maximum atomic E-state index is 12.6. The highest BCUT2D eigenvalue weighted by atomic mass is 16.5. The number of esters is 1. The first kappa shape index (κ1) is 21.0. The lowest BCUT2D eigenvalue weighted by atomic mass is 9.97. The van der Waals surface area contributed by atoms with Crippen molar-refractivity contribution in [2.75, 3.05) is 33.9 Å². The topological polar surface area (TPSA) is 89.1 Å². The number of ether oxygens (including phenoxy) is 3. The van der Waals surface area contributed by atoms with Crippen LogP contribution < -0.4 is 20.1 Å². The molecule has 29 heavy (non-hydrogen) atoms. The number of nitrogens with one attached hydrogen (secondary N) is 2. The van der Waals surface area contributed by atoms with E-state index in [9.17, 15) is 9.59 Å². The van der Waals surface area contributed by atoms with Crippen molar-refractivity contribution in [2.24, 2.45) is 0 Å². The lowest BCUT2D eigenvalue weighted by Crippen LogP contribution is -2.52. The van der Waals surface area contributed by atoms with Crippen LogP contribution in [0.3, 0.4) is 0 Å². The Labute approximate surface area is 171 Å². The molecule has 1 atom stereocenters. The molecule has 1 aromatic rings. The van der Waals surface area contributed by atoms with E-state index in [1.54, 1.807) is 21.1 Å². The smallest absolute Gasteiger partial charge is 0.337 e. The second kappa shape index (κ2) is 9.17. The highest BCUT2D eigenvalue weighted by Crippen LogP contribution is 2.33. The van der Waals surface area contributed by atoms with Crippen molar-refractivity contribution in [3.8, 4) is 11.5 Å². The molecular weight excluding hydrogens is 374 g/mol. The first-order chi connectivity index (χ1) is 14.0. The molecule has 3 rings (SSSR count). The Kier molecular flexibility index (Phi) is 6.64. The van der Waals surface area contributed by atoms with Gasteiger partial charge in [-0.2, -0.15) is 0 Å². The van der Waals surface area contributed by atoms with Gasteiger partial charge in [0.05, 0.1) is 32.4 Å². The predicted molar refractivity (Wildman–Crippen MR) is 108 cm³/mol. The van der Waals surface area contributed by atoms with E-state index in [1.165, 1.54) is 5.56 Å². The summed E-state index contributed by atoms with van der Waals surface area (Å²) >= 11 is 0. The maximum absolute atomic E-state index is 12.6.